The highest BCUT2D eigenvalue weighted by Gasteiger charge is 2.03. The molecule has 1 N–H and O–H groups in total. The summed E-state index contributed by atoms with van der Waals surface area (Å²) in [5.74, 6) is -1.50. The molecular formula is C12H12O3. The van der Waals surface area contributed by atoms with Crippen LogP contribution in [-0.2, 0) is 9.59 Å². The number of benzene rings is 1. The van der Waals surface area contributed by atoms with E-state index >= 15 is 0 Å². The van der Waals surface area contributed by atoms with E-state index < -0.39 is 18.2 Å². The van der Waals surface area contributed by atoms with Gasteiger partial charge in [-0.25, -0.2) is 0 Å². The number of aliphatic carboxylic acids is 1. The number of allylic oxidation sites excluding steroid dienone is 1. The van der Waals surface area contributed by atoms with Crippen LogP contribution in [-0.4, -0.2) is 16.9 Å². The second kappa shape index (κ2) is 5.10. The molecule has 3 nitrogen and oxygen atoms in total. The number of carboxylic acids is 1. The van der Waals surface area contributed by atoms with E-state index in [1.165, 1.54) is 6.08 Å². The highest BCUT2D eigenvalue weighted by molar-refractivity contribution is 6.03. The number of hydrogen-bond donors (Lipinski definition) is 1. The van der Waals surface area contributed by atoms with Crippen molar-refractivity contribution in [1.82, 2.24) is 0 Å². The van der Waals surface area contributed by atoms with Gasteiger partial charge in [-0.15, -0.1) is 0 Å². The summed E-state index contributed by atoms with van der Waals surface area (Å²) in [6.45, 7) is 1.93. The van der Waals surface area contributed by atoms with E-state index in [1.807, 2.05) is 31.2 Å². The standard InChI is InChI=1S/C12H12O3/c1-9-4-2-3-5-10(9)6-7-11(13)8-12(14)15/h2-7H,8H2,1H3,(H,14,15)/b7-6+. The SMILES string of the molecule is Cc1ccccc1/C=C/C(=O)CC(=O)O. The maximum Gasteiger partial charge on any atom is 0.311 e. The van der Waals surface area contributed by atoms with Crippen molar-refractivity contribution in [3.63, 3.8) is 0 Å². The summed E-state index contributed by atoms with van der Waals surface area (Å²) in [7, 11) is 0. The van der Waals surface area contributed by atoms with E-state index in [4.69, 9.17) is 5.11 Å². The lowest BCUT2D eigenvalue weighted by molar-refractivity contribution is -0.139. The Labute approximate surface area is 88.0 Å². The molecule has 0 aliphatic rings. The second-order valence-electron chi connectivity index (χ2n) is 3.23. The predicted octanol–water partition coefficient (Wildman–Crippen LogP) is 2.05. The summed E-state index contributed by atoms with van der Waals surface area (Å²) in [6, 6.07) is 7.58. The highest BCUT2D eigenvalue weighted by atomic mass is 16.4. The minimum Gasteiger partial charge on any atom is -0.481 e. The number of hydrogen-bond acceptors (Lipinski definition) is 2. The van der Waals surface area contributed by atoms with Crippen molar-refractivity contribution < 1.29 is 14.7 Å². The van der Waals surface area contributed by atoms with E-state index in [9.17, 15) is 9.59 Å². The monoisotopic (exact) mass is 204 g/mol. The van der Waals surface area contributed by atoms with Crippen molar-refractivity contribution in [1.29, 1.82) is 0 Å². The van der Waals surface area contributed by atoms with Crippen molar-refractivity contribution in [3.8, 4) is 0 Å². The summed E-state index contributed by atoms with van der Waals surface area (Å²) in [5.41, 5.74) is 1.98. The molecule has 1 aromatic carbocycles. The Morgan fingerprint density at radius 1 is 1.33 bits per heavy atom. The van der Waals surface area contributed by atoms with Gasteiger partial charge in [-0.2, -0.15) is 0 Å². The van der Waals surface area contributed by atoms with Gasteiger partial charge in [0.25, 0.3) is 0 Å². The van der Waals surface area contributed by atoms with Gasteiger partial charge in [-0.1, -0.05) is 30.3 Å². The quantitative estimate of drug-likeness (QED) is 0.603. The van der Waals surface area contributed by atoms with Crippen LogP contribution in [0.1, 0.15) is 17.5 Å². The molecule has 0 saturated heterocycles. The van der Waals surface area contributed by atoms with Crippen molar-refractivity contribution in [2.75, 3.05) is 0 Å². The van der Waals surface area contributed by atoms with Gasteiger partial charge in [0.15, 0.2) is 5.78 Å². The van der Waals surface area contributed by atoms with Crippen LogP contribution in [0.25, 0.3) is 6.08 Å². The number of aryl methyl sites for hydroxylation is 1. The molecule has 0 spiro atoms. The average molecular weight is 204 g/mol. The molecule has 0 fully saturated rings. The van der Waals surface area contributed by atoms with Crippen LogP contribution in [0.4, 0.5) is 0 Å². The molecule has 0 atom stereocenters. The van der Waals surface area contributed by atoms with Crippen LogP contribution in [0.3, 0.4) is 0 Å². The number of ketones is 1. The van der Waals surface area contributed by atoms with Gasteiger partial charge in [0.1, 0.15) is 6.42 Å². The minimum atomic E-state index is -1.10. The van der Waals surface area contributed by atoms with Crippen LogP contribution >= 0.6 is 0 Å². The fraction of sp³-hybridized carbons (Fsp3) is 0.167. The highest BCUT2D eigenvalue weighted by Crippen LogP contribution is 2.08. The molecule has 0 aliphatic heterocycles. The first kappa shape index (κ1) is 11.2. The summed E-state index contributed by atoms with van der Waals surface area (Å²) in [5, 5.41) is 8.38. The zero-order chi connectivity index (χ0) is 11.3. The van der Waals surface area contributed by atoms with Gasteiger partial charge in [0.2, 0.25) is 0 Å². The normalized spacial score (nSPS) is 10.5. The maximum atomic E-state index is 11.1. The molecule has 0 aromatic heterocycles. The lowest BCUT2D eigenvalue weighted by Crippen LogP contribution is -2.02. The van der Waals surface area contributed by atoms with Gasteiger partial charge in [-0.3, -0.25) is 9.59 Å². The fourth-order valence-electron chi connectivity index (χ4n) is 1.16. The van der Waals surface area contributed by atoms with Crippen molar-refractivity contribution in [2.45, 2.75) is 13.3 Å². The predicted molar refractivity (Wildman–Crippen MR) is 57.5 cm³/mol. The molecule has 3 heteroatoms. The first-order valence-corrected chi connectivity index (χ1v) is 4.58. The Morgan fingerprint density at radius 3 is 2.60 bits per heavy atom. The summed E-state index contributed by atoms with van der Waals surface area (Å²) < 4.78 is 0. The fourth-order valence-corrected chi connectivity index (χ4v) is 1.16. The minimum absolute atomic E-state index is 0.397. The molecule has 0 unspecified atom stereocenters. The third-order valence-corrected chi connectivity index (χ3v) is 1.96. The molecule has 0 saturated carbocycles. The van der Waals surface area contributed by atoms with Crippen LogP contribution in [0, 0.1) is 6.92 Å². The molecule has 0 aliphatic carbocycles. The molecule has 0 amide bonds. The van der Waals surface area contributed by atoms with Crippen LogP contribution in [0.5, 0.6) is 0 Å². The number of carbonyl (C=O) groups excluding carboxylic acids is 1. The molecule has 0 heterocycles. The Balaban J connectivity index is 2.70. The van der Waals surface area contributed by atoms with E-state index in [0.29, 0.717) is 0 Å². The van der Waals surface area contributed by atoms with E-state index in [1.54, 1.807) is 6.08 Å². The Bertz CT molecular complexity index is 405. The second-order valence-corrected chi connectivity index (χ2v) is 3.23. The van der Waals surface area contributed by atoms with Gasteiger partial charge in [0, 0.05) is 0 Å². The third kappa shape index (κ3) is 3.77. The number of carboxylic acid groups (broad SMARTS) is 1. The van der Waals surface area contributed by atoms with Crippen molar-refractivity contribution in [2.24, 2.45) is 0 Å². The topological polar surface area (TPSA) is 54.4 Å². The zero-order valence-corrected chi connectivity index (χ0v) is 8.43. The molecule has 15 heavy (non-hydrogen) atoms. The van der Waals surface area contributed by atoms with Crippen molar-refractivity contribution in [3.05, 3.63) is 41.5 Å². The summed E-state index contributed by atoms with van der Waals surface area (Å²) >= 11 is 0. The molecule has 1 rings (SSSR count). The van der Waals surface area contributed by atoms with E-state index in [0.717, 1.165) is 11.1 Å². The largest absolute Gasteiger partial charge is 0.481 e. The molecule has 1 aromatic rings. The van der Waals surface area contributed by atoms with E-state index in [-0.39, 0.29) is 0 Å². The summed E-state index contributed by atoms with van der Waals surface area (Å²) in [6.07, 6.45) is 2.49. The van der Waals surface area contributed by atoms with Crippen molar-refractivity contribution >= 4 is 17.8 Å². The maximum absolute atomic E-state index is 11.1. The lowest BCUT2D eigenvalue weighted by Gasteiger charge is -1.97. The van der Waals surface area contributed by atoms with E-state index in [2.05, 4.69) is 0 Å². The molecule has 0 radical (unpaired) electrons. The van der Waals surface area contributed by atoms with Crippen LogP contribution < -0.4 is 0 Å². The zero-order valence-electron chi connectivity index (χ0n) is 8.43. The number of carbonyl (C=O) groups is 2. The van der Waals surface area contributed by atoms with Gasteiger partial charge >= 0.3 is 5.97 Å². The Kier molecular flexibility index (Phi) is 3.80. The number of rotatable bonds is 4. The van der Waals surface area contributed by atoms with Gasteiger partial charge in [-0.05, 0) is 24.1 Å². The smallest absolute Gasteiger partial charge is 0.311 e. The van der Waals surface area contributed by atoms with Gasteiger partial charge in [0.05, 0.1) is 0 Å². The third-order valence-electron chi connectivity index (χ3n) is 1.96. The lowest BCUT2D eigenvalue weighted by atomic mass is 10.1. The Morgan fingerprint density at radius 2 is 2.00 bits per heavy atom. The molecule has 0 bridgehead atoms. The van der Waals surface area contributed by atoms with Gasteiger partial charge < -0.3 is 5.11 Å². The average Bonchev–Trinajstić information content (AvgIpc) is 2.15. The molecule has 78 valence electrons. The first-order valence-electron chi connectivity index (χ1n) is 4.58. The molecular weight excluding hydrogens is 192 g/mol. The Hall–Kier alpha value is -1.90. The van der Waals surface area contributed by atoms with Crippen LogP contribution in [0.15, 0.2) is 30.3 Å². The first-order chi connectivity index (χ1) is 7.09. The summed E-state index contributed by atoms with van der Waals surface area (Å²) in [4.78, 5) is 21.3. The van der Waals surface area contributed by atoms with Crippen LogP contribution in [0.2, 0.25) is 0 Å².